The van der Waals surface area contributed by atoms with E-state index in [2.05, 4.69) is 74.8 Å². The number of carbonyl (C=O) groups is 2. The molecule has 184 valence electrons. The normalized spacial score (nSPS) is 17.2. The summed E-state index contributed by atoms with van der Waals surface area (Å²) in [4.78, 5) is 26.8. The SMILES string of the molecule is COC(=O)C1=C(C)NC2=C(C(=O)c3ccccc32)[C@H]1c1cc(C)n(-c2ccc(C(C)(C)C)cc2)c1C. The van der Waals surface area contributed by atoms with Gasteiger partial charge in [-0.05, 0) is 55.5 Å². The Hall–Kier alpha value is -3.86. The van der Waals surface area contributed by atoms with Crippen LogP contribution >= 0.6 is 0 Å². The van der Waals surface area contributed by atoms with Crippen LogP contribution in [-0.4, -0.2) is 23.4 Å². The summed E-state index contributed by atoms with van der Waals surface area (Å²) in [5, 5.41) is 3.35. The van der Waals surface area contributed by atoms with Crippen LogP contribution in [0.3, 0.4) is 0 Å². The number of esters is 1. The molecule has 0 unspecified atom stereocenters. The van der Waals surface area contributed by atoms with Crippen molar-refractivity contribution in [1.29, 1.82) is 0 Å². The van der Waals surface area contributed by atoms with Crippen LogP contribution in [0, 0.1) is 13.8 Å². The average Bonchev–Trinajstić information content (AvgIpc) is 3.30. The van der Waals surface area contributed by atoms with Gasteiger partial charge in [-0.25, -0.2) is 4.79 Å². The van der Waals surface area contributed by atoms with E-state index in [0.717, 1.165) is 33.9 Å². The Bertz CT molecular complexity index is 1480. The van der Waals surface area contributed by atoms with E-state index in [-0.39, 0.29) is 11.2 Å². The number of nitrogens with zero attached hydrogens (tertiary/aromatic N) is 1. The molecule has 0 saturated carbocycles. The van der Waals surface area contributed by atoms with E-state index in [9.17, 15) is 9.59 Å². The molecule has 0 radical (unpaired) electrons. The van der Waals surface area contributed by atoms with Gasteiger partial charge in [0, 0.05) is 39.5 Å². The molecule has 2 aromatic carbocycles. The van der Waals surface area contributed by atoms with Gasteiger partial charge in [0.1, 0.15) is 0 Å². The average molecular weight is 481 g/mol. The summed E-state index contributed by atoms with van der Waals surface area (Å²) in [6.45, 7) is 12.6. The summed E-state index contributed by atoms with van der Waals surface area (Å²) in [5.41, 5.74) is 9.44. The predicted octanol–water partition coefficient (Wildman–Crippen LogP) is 6.13. The molecule has 5 nitrogen and oxygen atoms in total. The van der Waals surface area contributed by atoms with Gasteiger partial charge in [0.05, 0.1) is 24.3 Å². The summed E-state index contributed by atoms with van der Waals surface area (Å²) >= 11 is 0. The number of aryl methyl sites for hydroxylation is 1. The van der Waals surface area contributed by atoms with E-state index in [4.69, 9.17) is 4.74 Å². The third kappa shape index (κ3) is 3.53. The molecule has 5 rings (SSSR count). The number of hydrogen-bond acceptors (Lipinski definition) is 4. The molecular weight excluding hydrogens is 448 g/mol. The van der Waals surface area contributed by atoms with Crippen molar-refractivity contribution in [1.82, 2.24) is 9.88 Å². The molecule has 0 saturated heterocycles. The third-order valence-corrected chi connectivity index (χ3v) is 7.43. The van der Waals surface area contributed by atoms with Crippen LogP contribution in [0.25, 0.3) is 11.4 Å². The Balaban J connectivity index is 1.70. The number of fused-ring (bicyclic) bond motifs is 2. The van der Waals surface area contributed by atoms with Crippen LogP contribution in [-0.2, 0) is 14.9 Å². The fourth-order valence-electron chi connectivity index (χ4n) is 5.61. The van der Waals surface area contributed by atoms with Crippen molar-refractivity contribution in [2.24, 2.45) is 0 Å². The quantitative estimate of drug-likeness (QED) is 0.458. The van der Waals surface area contributed by atoms with Gasteiger partial charge in [-0.3, -0.25) is 4.79 Å². The summed E-state index contributed by atoms with van der Waals surface area (Å²) in [5.74, 6) is -1.01. The lowest BCUT2D eigenvalue weighted by Crippen LogP contribution is -2.29. The van der Waals surface area contributed by atoms with Crippen LogP contribution < -0.4 is 5.32 Å². The van der Waals surface area contributed by atoms with Crippen LogP contribution in [0.1, 0.15) is 72.0 Å². The number of allylic oxidation sites excluding steroid dienone is 2. The Kier molecular flexibility index (Phi) is 5.55. The maximum Gasteiger partial charge on any atom is 0.336 e. The van der Waals surface area contributed by atoms with Gasteiger partial charge in [-0.2, -0.15) is 0 Å². The zero-order chi connectivity index (χ0) is 25.9. The molecule has 0 bridgehead atoms. The summed E-state index contributed by atoms with van der Waals surface area (Å²) in [6, 6.07) is 18.3. The van der Waals surface area contributed by atoms with E-state index in [1.165, 1.54) is 12.7 Å². The summed E-state index contributed by atoms with van der Waals surface area (Å²) in [6.07, 6.45) is 0. The molecule has 2 heterocycles. The van der Waals surface area contributed by atoms with Gasteiger partial charge in [0.2, 0.25) is 0 Å². The second kappa shape index (κ2) is 8.37. The number of rotatable bonds is 3. The van der Waals surface area contributed by atoms with E-state index in [1.807, 2.05) is 31.2 Å². The summed E-state index contributed by atoms with van der Waals surface area (Å²) < 4.78 is 7.40. The number of ether oxygens (including phenoxy) is 1. The fraction of sp³-hybridized carbons (Fsp3) is 0.290. The molecule has 0 fully saturated rings. The standard InChI is InChI=1S/C31H32N2O3/c1-17-16-24(19(3)33(17)21-14-12-20(13-15-21)31(4,5)6)26-25(30(35)36-7)18(2)32-28-22-10-8-9-11-23(22)29(34)27(26)28/h8-16,26,32H,1-7H3/t26-/m0/s1. The molecular formula is C31H32N2O3. The fourth-order valence-corrected chi connectivity index (χ4v) is 5.61. The lowest BCUT2D eigenvalue weighted by Gasteiger charge is -2.29. The van der Waals surface area contributed by atoms with Crippen molar-refractivity contribution in [3.8, 4) is 5.69 Å². The molecule has 1 atom stereocenters. The van der Waals surface area contributed by atoms with E-state index < -0.39 is 11.9 Å². The van der Waals surface area contributed by atoms with Gasteiger partial charge in [0.15, 0.2) is 5.78 Å². The maximum atomic E-state index is 13.7. The topological polar surface area (TPSA) is 60.3 Å². The zero-order valence-electron chi connectivity index (χ0n) is 21.9. The number of methoxy groups -OCH3 is 1. The lowest BCUT2D eigenvalue weighted by molar-refractivity contribution is -0.136. The Morgan fingerprint density at radius 1 is 0.972 bits per heavy atom. The van der Waals surface area contributed by atoms with Gasteiger partial charge in [-0.1, -0.05) is 57.2 Å². The minimum atomic E-state index is -0.526. The minimum absolute atomic E-state index is 0.0497. The molecule has 1 aliphatic carbocycles. The molecule has 3 aromatic rings. The first-order valence-corrected chi connectivity index (χ1v) is 12.3. The monoisotopic (exact) mass is 480 g/mol. The second-order valence-electron chi connectivity index (χ2n) is 10.7. The minimum Gasteiger partial charge on any atom is -0.466 e. The van der Waals surface area contributed by atoms with Crippen LogP contribution in [0.2, 0.25) is 0 Å². The number of benzene rings is 2. The molecule has 1 N–H and O–H groups in total. The Morgan fingerprint density at radius 3 is 2.22 bits per heavy atom. The maximum absolute atomic E-state index is 13.7. The first kappa shape index (κ1) is 23.9. The highest BCUT2D eigenvalue weighted by Crippen LogP contribution is 2.48. The molecule has 36 heavy (non-hydrogen) atoms. The van der Waals surface area contributed by atoms with E-state index in [0.29, 0.717) is 22.4 Å². The van der Waals surface area contributed by atoms with Crippen molar-refractivity contribution in [2.45, 2.75) is 52.9 Å². The van der Waals surface area contributed by atoms with E-state index in [1.54, 1.807) is 0 Å². The third-order valence-electron chi connectivity index (χ3n) is 7.43. The van der Waals surface area contributed by atoms with Crippen molar-refractivity contribution in [3.63, 3.8) is 0 Å². The van der Waals surface area contributed by atoms with Gasteiger partial charge < -0.3 is 14.6 Å². The predicted molar refractivity (Wildman–Crippen MR) is 142 cm³/mol. The van der Waals surface area contributed by atoms with Crippen LogP contribution in [0.15, 0.2) is 71.4 Å². The molecule has 1 aromatic heterocycles. The zero-order valence-corrected chi connectivity index (χ0v) is 21.9. The molecule has 5 heteroatoms. The number of aromatic nitrogens is 1. The number of carbonyl (C=O) groups excluding carboxylic acids is 2. The number of ketones is 1. The Morgan fingerprint density at radius 2 is 1.61 bits per heavy atom. The first-order valence-electron chi connectivity index (χ1n) is 12.3. The highest BCUT2D eigenvalue weighted by molar-refractivity contribution is 6.23. The van der Waals surface area contributed by atoms with Crippen molar-refractivity contribution in [3.05, 3.63) is 105 Å². The lowest BCUT2D eigenvalue weighted by atomic mass is 9.79. The second-order valence-corrected chi connectivity index (χ2v) is 10.7. The van der Waals surface area contributed by atoms with E-state index >= 15 is 0 Å². The molecule has 1 aliphatic heterocycles. The number of hydrogen-bond donors (Lipinski definition) is 1. The van der Waals surface area contributed by atoms with Crippen molar-refractivity contribution < 1.29 is 14.3 Å². The first-order chi connectivity index (χ1) is 17.0. The van der Waals surface area contributed by atoms with Crippen molar-refractivity contribution >= 4 is 17.4 Å². The van der Waals surface area contributed by atoms with Crippen LogP contribution in [0.5, 0.6) is 0 Å². The summed E-state index contributed by atoms with van der Waals surface area (Å²) in [7, 11) is 1.38. The van der Waals surface area contributed by atoms with Gasteiger partial charge in [-0.15, -0.1) is 0 Å². The number of nitrogens with one attached hydrogen (secondary N) is 1. The molecule has 2 aliphatic rings. The molecule has 0 spiro atoms. The van der Waals surface area contributed by atoms with Crippen LogP contribution in [0.4, 0.5) is 0 Å². The largest absolute Gasteiger partial charge is 0.466 e. The highest BCUT2D eigenvalue weighted by Gasteiger charge is 2.43. The molecule has 0 amide bonds. The Labute approximate surface area is 212 Å². The highest BCUT2D eigenvalue weighted by atomic mass is 16.5. The van der Waals surface area contributed by atoms with Crippen molar-refractivity contribution in [2.75, 3.05) is 7.11 Å². The smallest absolute Gasteiger partial charge is 0.336 e. The number of Topliss-reactive ketones (excluding diaryl/α,β-unsaturated/α-hetero) is 1. The van der Waals surface area contributed by atoms with Gasteiger partial charge in [0.25, 0.3) is 0 Å². The van der Waals surface area contributed by atoms with Gasteiger partial charge >= 0.3 is 5.97 Å². The number of dihydropyridines is 1.